The van der Waals surface area contributed by atoms with Crippen LogP contribution in [0.3, 0.4) is 0 Å². The summed E-state index contributed by atoms with van der Waals surface area (Å²) in [4.78, 5) is 12.3. The van der Waals surface area contributed by atoms with E-state index in [1.165, 1.54) is 0 Å². The summed E-state index contributed by atoms with van der Waals surface area (Å²) in [5.74, 6) is 0.305. The molecule has 128 valence electrons. The third-order valence-corrected chi connectivity index (χ3v) is 3.46. The topological polar surface area (TPSA) is 88.0 Å². The SMILES string of the molecule is COCCOc1cccc(C(=O)Nc2ccc(CO)c(CO)c2)c1. The quantitative estimate of drug-likeness (QED) is 0.644. The first-order valence-corrected chi connectivity index (χ1v) is 7.54. The van der Waals surface area contributed by atoms with Crippen molar-refractivity contribution in [2.24, 2.45) is 0 Å². The molecule has 2 rings (SSSR count). The van der Waals surface area contributed by atoms with Crippen molar-refractivity contribution < 1.29 is 24.5 Å². The molecule has 0 heterocycles. The van der Waals surface area contributed by atoms with Crippen LogP contribution in [-0.4, -0.2) is 36.4 Å². The molecule has 2 aromatic rings. The fourth-order valence-electron chi connectivity index (χ4n) is 2.18. The fraction of sp³-hybridized carbons (Fsp3) is 0.278. The van der Waals surface area contributed by atoms with Crippen molar-refractivity contribution in [2.75, 3.05) is 25.6 Å². The average Bonchev–Trinajstić information content (AvgIpc) is 2.62. The maximum absolute atomic E-state index is 12.3. The number of ether oxygens (including phenoxy) is 2. The van der Waals surface area contributed by atoms with E-state index in [2.05, 4.69) is 5.32 Å². The van der Waals surface area contributed by atoms with Gasteiger partial charge in [0.1, 0.15) is 12.4 Å². The number of nitrogens with one attached hydrogen (secondary N) is 1. The van der Waals surface area contributed by atoms with Gasteiger partial charge in [-0.05, 0) is 41.5 Å². The summed E-state index contributed by atoms with van der Waals surface area (Å²) >= 11 is 0. The molecule has 0 fully saturated rings. The van der Waals surface area contributed by atoms with Gasteiger partial charge in [-0.15, -0.1) is 0 Å². The molecule has 2 aromatic carbocycles. The number of carbonyl (C=O) groups is 1. The minimum absolute atomic E-state index is 0.162. The Morgan fingerprint density at radius 2 is 1.83 bits per heavy atom. The number of aliphatic hydroxyl groups is 2. The molecule has 0 aliphatic rings. The van der Waals surface area contributed by atoms with E-state index in [1.54, 1.807) is 49.6 Å². The number of amides is 1. The third-order valence-electron chi connectivity index (χ3n) is 3.46. The lowest BCUT2D eigenvalue weighted by atomic mass is 10.1. The van der Waals surface area contributed by atoms with Crippen LogP contribution in [0.15, 0.2) is 42.5 Å². The molecule has 0 atom stereocenters. The number of benzene rings is 2. The van der Waals surface area contributed by atoms with E-state index in [4.69, 9.17) is 9.47 Å². The summed E-state index contributed by atoms with van der Waals surface area (Å²) in [6, 6.07) is 11.8. The van der Waals surface area contributed by atoms with Gasteiger partial charge >= 0.3 is 0 Å². The minimum Gasteiger partial charge on any atom is -0.491 e. The highest BCUT2D eigenvalue weighted by Gasteiger charge is 2.09. The second kappa shape index (κ2) is 9.02. The lowest BCUT2D eigenvalue weighted by Gasteiger charge is -2.11. The Morgan fingerprint density at radius 1 is 1.04 bits per heavy atom. The van der Waals surface area contributed by atoms with Gasteiger partial charge in [-0.1, -0.05) is 12.1 Å². The van der Waals surface area contributed by atoms with Crippen molar-refractivity contribution in [3.63, 3.8) is 0 Å². The molecule has 0 aliphatic heterocycles. The monoisotopic (exact) mass is 331 g/mol. The summed E-state index contributed by atoms with van der Waals surface area (Å²) in [7, 11) is 1.59. The van der Waals surface area contributed by atoms with Gasteiger partial charge in [0.2, 0.25) is 0 Å². The molecule has 0 saturated heterocycles. The lowest BCUT2D eigenvalue weighted by Crippen LogP contribution is -2.13. The van der Waals surface area contributed by atoms with Gasteiger partial charge in [0, 0.05) is 18.4 Å². The van der Waals surface area contributed by atoms with Crippen LogP contribution in [0.2, 0.25) is 0 Å². The van der Waals surface area contributed by atoms with E-state index < -0.39 is 0 Å². The number of carbonyl (C=O) groups excluding carboxylic acids is 1. The maximum Gasteiger partial charge on any atom is 0.255 e. The van der Waals surface area contributed by atoms with E-state index in [0.717, 1.165) is 0 Å². The number of aliphatic hydroxyl groups excluding tert-OH is 2. The van der Waals surface area contributed by atoms with Crippen LogP contribution in [0.25, 0.3) is 0 Å². The molecule has 0 spiro atoms. The molecule has 0 aromatic heterocycles. The van der Waals surface area contributed by atoms with E-state index >= 15 is 0 Å². The van der Waals surface area contributed by atoms with Gasteiger partial charge in [0.15, 0.2) is 0 Å². The molecular formula is C18H21NO5. The van der Waals surface area contributed by atoms with Crippen LogP contribution in [0.4, 0.5) is 5.69 Å². The Bertz CT molecular complexity index is 687. The van der Waals surface area contributed by atoms with Gasteiger partial charge in [-0.2, -0.15) is 0 Å². The van der Waals surface area contributed by atoms with E-state index in [9.17, 15) is 15.0 Å². The van der Waals surface area contributed by atoms with Crippen LogP contribution in [-0.2, 0) is 18.0 Å². The van der Waals surface area contributed by atoms with Gasteiger partial charge in [0.25, 0.3) is 5.91 Å². The lowest BCUT2D eigenvalue weighted by molar-refractivity contribution is 0.102. The van der Waals surface area contributed by atoms with Gasteiger partial charge in [-0.3, -0.25) is 4.79 Å². The van der Waals surface area contributed by atoms with Crippen molar-refractivity contribution in [3.05, 3.63) is 59.2 Å². The van der Waals surface area contributed by atoms with Crippen molar-refractivity contribution in [2.45, 2.75) is 13.2 Å². The molecule has 6 nitrogen and oxygen atoms in total. The van der Waals surface area contributed by atoms with Gasteiger partial charge in [-0.25, -0.2) is 0 Å². The molecule has 0 radical (unpaired) electrons. The highest BCUT2D eigenvalue weighted by atomic mass is 16.5. The Labute approximate surface area is 140 Å². The Balaban J connectivity index is 2.08. The summed E-state index contributed by atoms with van der Waals surface area (Å²) in [6.45, 7) is 0.509. The van der Waals surface area contributed by atoms with Gasteiger partial charge < -0.3 is 25.0 Å². The van der Waals surface area contributed by atoms with Crippen LogP contribution >= 0.6 is 0 Å². The van der Waals surface area contributed by atoms with Crippen LogP contribution in [0.5, 0.6) is 5.75 Å². The molecule has 0 saturated carbocycles. The Morgan fingerprint density at radius 3 is 2.54 bits per heavy atom. The number of hydrogen-bond donors (Lipinski definition) is 3. The molecule has 0 aliphatic carbocycles. The molecule has 24 heavy (non-hydrogen) atoms. The van der Waals surface area contributed by atoms with E-state index in [-0.39, 0.29) is 19.1 Å². The highest BCUT2D eigenvalue weighted by molar-refractivity contribution is 6.04. The van der Waals surface area contributed by atoms with Crippen LogP contribution in [0, 0.1) is 0 Å². The minimum atomic E-state index is -0.284. The number of methoxy groups -OCH3 is 1. The van der Waals surface area contributed by atoms with Crippen molar-refractivity contribution in [1.82, 2.24) is 0 Å². The van der Waals surface area contributed by atoms with Crippen molar-refractivity contribution >= 4 is 11.6 Å². The number of hydrogen-bond acceptors (Lipinski definition) is 5. The Hall–Kier alpha value is -2.41. The van der Waals surface area contributed by atoms with Crippen LogP contribution in [0.1, 0.15) is 21.5 Å². The third kappa shape index (κ3) is 4.79. The summed E-state index contributed by atoms with van der Waals surface area (Å²) < 4.78 is 10.4. The molecule has 1 amide bonds. The van der Waals surface area contributed by atoms with E-state index in [1.807, 2.05) is 0 Å². The fourth-order valence-corrected chi connectivity index (χ4v) is 2.18. The summed E-state index contributed by atoms with van der Waals surface area (Å²) in [5.41, 5.74) is 2.21. The smallest absolute Gasteiger partial charge is 0.255 e. The number of anilines is 1. The number of rotatable bonds is 8. The normalized spacial score (nSPS) is 10.5. The predicted octanol–water partition coefficient (Wildman–Crippen LogP) is 1.95. The van der Waals surface area contributed by atoms with Crippen LogP contribution < -0.4 is 10.1 Å². The Kier molecular flexibility index (Phi) is 6.74. The van der Waals surface area contributed by atoms with E-state index in [0.29, 0.717) is 41.3 Å². The summed E-state index contributed by atoms with van der Waals surface area (Å²) in [5, 5.41) is 21.3. The first-order valence-electron chi connectivity index (χ1n) is 7.54. The average molecular weight is 331 g/mol. The standard InChI is InChI=1S/C18H21NO5/c1-23-7-8-24-17-4-2-3-13(10-17)18(22)19-16-6-5-14(11-20)15(9-16)12-21/h2-6,9-10,20-21H,7-8,11-12H2,1H3,(H,19,22). The zero-order valence-corrected chi connectivity index (χ0v) is 13.5. The molecule has 6 heteroatoms. The first-order chi connectivity index (χ1) is 11.7. The highest BCUT2D eigenvalue weighted by Crippen LogP contribution is 2.19. The predicted molar refractivity (Wildman–Crippen MR) is 90.1 cm³/mol. The zero-order valence-electron chi connectivity index (χ0n) is 13.5. The van der Waals surface area contributed by atoms with Gasteiger partial charge in [0.05, 0.1) is 19.8 Å². The second-order valence-electron chi connectivity index (χ2n) is 5.12. The molecule has 0 bridgehead atoms. The van der Waals surface area contributed by atoms with Crippen molar-refractivity contribution in [1.29, 1.82) is 0 Å². The molecule has 0 unspecified atom stereocenters. The largest absolute Gasteiger partial charge is 0.491 e. The second-order valence-corrected chi connectivity index (χ2v) is 5.12. The van der Waals surface area contributed by atoms with Crippen molar-refractivity contribution in [3.8, 4) is 5.75 Å². The summed E-state index contributed by atoms with van der Waals surface area (Å²) in [6.07, 6.45) is 0. The maximum atomic E-state index is 12.3. The molecular weight excluding hydrogens is 310 g/mol. The first kappa shape index (κ1) is 17.9. The molecule has 3 N–H and O–H groups in total. The zero-order chi connectivity index (χ0) is 17.4.